The second kappa shape index (κ2) is 32.2. The summed E-state index contributed by atoms with van der Waals surface area (Å²) in [6.07, 6.45) is 13.4. The van der Waals surface area contributed by atoms with Crippen molar-refractivity contribution in [2.45, 2.75) is 186 Å². The van der Waals surface area contributed by atoms with E-state index < -0.39 is 77.8 Å². The number of amides is 1. The van der Waals surface area contributed by atoms with Crippen molar-refractivity contribution in [3.8, 4) is 0 Å². The van der Waals surface area contributed by atoms with Crippen LogP contribution < -0.4 is 0 Å². The number of hydrogen-bond donors (Lipinski definition) is 2. The Hall–Kier alpha value is -3.49. The van der Waals surface area contributed by atoms with E-state index in [1.54, 1.807) is 41.1 Å². The van der Waals surface area contributed by atoms with Crippen LogP contribution in [0.5, 0.6) is 0 Å². The van der Waals surface area contributed by atoms with Gasteiger partial charge in [0.2, 0.25) is 5.79 Å². The van der Waals surface area contributed by atoms with Crippen molar-refractivity contribution >= 4 is 29.2 Å². The number of methoxy groups -OCH3 is 3. The minimum absolute atomic E-state index is 0.00546. The number of aliphatic hydroxyl groups is 2. The summed E-state index contributed by atoms with van der Waals surface area (Å²) in [5.41, 5.74) is 1.27. The van der Waals surface area contributed by atoms with Crippen LogP contribution in [-0.2, 0) is 57.1 Å². The summed E-state index contributed by atoms with van der Waals surface area (Å²) in [6.45, 7) is 19.5. The lowest BCUT2D eigenvalue weighted by Gasteiger charge is -2.43. The fraction of sp³-hybridized carbons (Fsp3) is 0.787. The molecule has 0 aromatic rings. The molecular weight excluding hydrogens is 999 g/mol. The van der Waals surface area contributed by atoms with E-state index in [1.165, 1.54) is 12.0 Å². The minimum atomic E-state index is -2.46. The second-order valence-electron chi connectivity index (χ2n) is 23.6. The number of piperazine rings is 1. The van der Waals surface area contributed by atoms with E-state index in [0.29, 0.717) is 57.3 Å². The van der Waals surface area contributed by atoms with Crippen LogP contribution in [0.1, 0.15) is 132 Å². The van der Waals surface area contributed by atoms with Gasteiger partial charge in [-0.1, -0.05) is 71.1 Å². The quantitative estimate of drug-likeness (QED) is 0.0791. The van der Waals surface area contributed by atoms with E-state index in [4.69, 9.17) is 33.2 Å². The van der Waals surface area contributed by atoms with Gasteiger partial charge in [0.15, 0.2) is 5.78 Å². The predicted octanol–water partition coefficient (Wildman–Crippen LogP) is 6.86. The van der Waals surface area contributed by atoms with Gasteiger partial charge in [-0.15, -0.1) is 0 Å². The standard InChI is InChI=1S/C61H99N3O14/c1-40-18-13-12-14-19-41(2)52(76-33-32-72-9)38-48-23-21-46(7)61(71,78-48)58(68)59(69)64-26-16-15-20-49(64)60(70)77-53(39-50(65)42(3)35-45(6)56(67)57(74-11)55(66)44(5)34-40)43(4)36-47-22-24-51(54(37-47)73-10)75-31-17-25-63-29-27-62(8)28-30-63/h12-14,18-19,35,40,42-44,46-49,51-54,56-57,67,71H,15-17,20-34,36-39H2,1-11H3/b14-12?,18-13+,41-19?,45-35+/t40-,42-,43?,44-,46-,47+,48+,49+,51-,52-,53+,54-,56-,57+,61-/m1/s1. The van der Waals surface area contributed by atoms with E-state index in [2.05, 4.69) is 16.8 Å². The van der Waals surface area contributed by atoms with Crippen molar-refractivity contribution < 1.29 is 67.3 Å². The lowest BCUT2D eigenvalue weighted by molar-refractivity contribution is -0.266. The lowest BCUT2D eigenvalue weighted by atomic mass is 9.78. The van der Waals surface area contributed by atoms with Crippen LogP contribution in [-0.4, -0.2) is 196 Å². The average molecular weight is 1100 g/mol. The molecular formula is C61H99N3O14. The summed E-state index contributed by atoms with van der Waals surface area (Å²) in [5, 5.41) is 23.8. The van der Waals surface area contributed by atoms with Gasteiger partial charge in [0.1, 0.15) is 30.1 Å². The number of allylic oxidation sites excluding steroid dienone is 6. The van der Waals surface area contributed by atoms with E-state index in [1.807, 2.05) is 58.1 Å². The molecule has 17 heteroatoms. The number of cyclic esters (lactones) is 1. The zero-order valence-corrected chi connectivity index (χ0v) is 49.2. The molecule has 2 N–H and O–H groups in total. The van der Waals surface area contributed by atoms with Crippen molar-refractivity contribution in [3.05, 3.63) is 47.6 Å². The molecule has 2 bridgehead atoms. The molecule has 0 spiro atoms. The molecule has 4 aliphatic heterocycles. The molecule has 5 aliphatic rings. The number of aliphatic hydroxyl groups excluding tert-OH is 1. The molecule has 4 fully saturated rings. The summed E-state index contributed by atoms with van der Waals surface area (Å²) in [7, 11) is 6.85. The molecule has 0 aromatic carbocycles. The van der Waals surface area contributed by atoms with Crippen LogP contribution in [0.15, 0.2) is 47.6 Å². The maximum atomic E-state index is 14.7. The number of ketones is 3. The fourth-order valence-electron chi connectivity index (χ4n) is 12.1. The molecule has 78 heavy (non-hydrogen) atoms. The number of esters is 1. The van der Waals surface area contributed by atoms with Gasteiger partial charge in [-0.25, -0.2) is 4.79 Å². The van der Waals surface area contributed by atoms with Gasteiger partial charge in [0.05, 0.1) is 37.6 Å². The second-order valence-corrected chi connectivity index (χ2v) is 23.6. The Morgan fingerprint density at radius 3 is 2.24 bits per heavy atom. The highest BCUT2D eigenvalue weighted by Crippen LogP contribution is 2.38. The fourth-order valence-corrected chi connectivity index (χ4v) is 12.1. The summed E-state index contributed by atoms with van der Waals surface area (Å²) in [4.78, 5) is 78.0. The Kier molecular flexibility index (Phi) is 27.0. The average Bonchev–Trinajstić information content (AvgIpc) is 3.46. The Bertz CT molecular complexity index is 2050. The summed E-state index contributed by atoms with van der Waals surface area (Å²) >= 11 is 0. The van der Waals surface area contributed by atoms with Crippen LogP contribution in [0.25, 0.3) is 0 Å². The number of hydrogen-bond acceptors (Lipinski definition) is 16. The van der Waals surface area contributed by atoms with Crippen molar-refractivity contribution in [2.75, 3.05) is 87.5 Å². The van der Waals surface area contributed by atoms with Crippen LogP contribution in [0, 0.1) is 35.5 Å². The van der Waals surface area contributed by atoms with Gasteiger partial charge in [0, 0.05) is 97.8 Å². The van der Waals surface area contributed by atoms with Crippen molar-refractivity contribution in [3.63, 3.8) is 0 Å². The van der Waals surface area contributed by atoms with Gasteiger partial charge >= 0.3 is 5.97 Å². The molecule has 1 unspecified atom stereocenters. The van der Waals surface area contributed by atoms with Crippen molar-refractivity contribution in [2.24, 2.45) is 35.5 Å². The van der Waals surface area contributed by atoms with Crippen molar-refractivity contribution in [1.29, 1.82) is 0 Å². The zero-order valence-electron chi connectivity index (χ0n) is 49.2. The molecule has 15 atom stereocenters. The van der Waals surface area contributed by atoms with Crippen molar-refractivity contribution in [1.82, 2.24) is 14.7 Å². The third-order valence-electron chi connectivity index (χ3n) is 17.3. The van der Waals surface area contributed by atoms with E-state index in [9.17, 15) is 34.2 Å². The third-order valence-corrected chi connectivity index (χ3v) is 17.3. The lowest BCUT2D eigenvalue weighted by Crippen LogP contribution is -2.61. The minimum Gasteiger partial charge on any atom is -0.460 e. The SMILES string of the molecule is COCCO[C@@H]1C[C@@H]2CC[C@@H](C)[C@@](O)(O2)C(=O)C(=O)N2CCCC[C@H]2C(=O)O[C@H](C(C)C[C@@H]2CC[C@@H](OCCCN3CCN(C)CC3)[C@H](OC)C2)CC(=O)[C@H](C)/C=C(\C)[C@@H](O)[C@@H](OC)C(=O)[C@H](C)C[C@H](C)/C=C/C=CC=C1C. The normalized spacial score (nSPS) is 36.3. The van der Waals surface area contributed by atoms with Crippen LogP contribution in [0.4, 0.5) is 0 Å². The van der Waals surface area contributed by atoms with E-state index in [0.717, 1.165) is 64.0 Å². The first-order valence-corrected chi connectivity index (χ1v) is 29.3. The molecule has 4 heterocycles. The number of nitrogens with zero attached hydrogens (tertiary/aromatic N) is 3. The summed E-state index contributed by atoms with van der Waals surface area (Å²) in [5.74, 6) is -7.89. The Balaban J connectivity index is 1.41. The first-order valence-electron chi connectivity index (χ1n) is 29.3. The third kappa shape index (κ3) is 18.8. The molecule has 1 saturated carbocycles. The van der Waals surface area contributed by atoms with Gasteiger partial charge < -0.3 is 58.1 Å². The largest absolute Gasteiger partial charge is 0.460 e. The number of fused-ring (bicyclic) bond motifs is 3. The highest BCUT2D eigenvalue weighted by atomic mass is 16.6. The smallest absolute Gasteiger partial charge is 0.329 e. The van der Waals surface area contributed by atoms with Gasteiger partial charge in [0.25, 0.3) is 11.7 Å². The molecule has 442 valence electrons. The summed E-state index contributed by atoms with van der Waals surface area (Å²) in [6, 6.07) is -1.14. The monoisotopic (exact) mass is 1100 g/mol. The van der Waals surface area contributed by atoms with Crippen LogP contribution in [0.2, 0.25) is 0 Å². The number of rotatable bonds is 14. The maximum absolute atomic E-state index is 14.7. The van der Waals surface area contributed by atoms with Gasteiger partial charge in [-0.3, -0.25) is 19.2 Å². The molecule has 5 rings (SSSR count). The predicted molar refractivity (Wildman–Crippen MR) is 298 cm³/mol. The van der Waals surface area contributed by atoms with Gasteiger partial charge in [-0.2, -0.15) is 0 Å². The zero-order chi connectivity index (χ0) is 57.1. The Morgan fingerprint density at radius 1 is 0.795 bits per heavy atom. The number of likely N-dealkylation sites (N-methyl/N-ethyl adjacent to an activating group) is 1. The summed E-state index contributed by atoms with van der Waals surface area (Å²) < 4.78 is 42.4. The molecule has 0 aromatic heterocycles. The van der Waals surface area contributed by atoms with E-state index >= 15 is 0 Å². The van der Waals surface area contributed by atoms with Crippen LogP contribution in [0.3, 0.4) is 0 Å². The number of carbonyl (C=O) groups excluding carboxylic acids is 5. The number of piperidine rings is 1. The number of Topliss-reactive ketones (excluding diaryl/α,β-unsaturated/α-hetero) is 3. The Morgan fingerprint density at radius 2 is 1.54 bits per heavy atom. The highest BCUT2D eigenvalue weighted by Gasteiger charge is 2.53. The Labute approximate surface area is 466 Å². The van der Waals surface area contributed by atoms with E-state index in [-0.39, 0.29) is 73.9 Å². The topological polar surface area (TPSA) is 200 Å². The molecule has 17 nitrogen and oxygen atoms in total. The van der Waals surface area contributed by atoms with Crippen LogP contribution >= 0.6 is 0 Å². The first kappa shape index (κ1) is 65.3. The molecule has 3 saturated heterocycles. The molecule has 1 amide bonds. The molecule has 0 radical (unpaired) electrons. The first-order chi connectivity index (χ1) is 37.2. The number of carbonyl (C=O) groups is 5. The van der Waals surface area contributed by atoms with Gasteiger partial charge in [-0.05, 0) is 120 Å². The maximum Gasteiger partial charge on any atom is 0.329 e. The number of ether oxygens (including phenoxy) is 7. The molecule has 1 aliphatic carbocycles. The highest BCUT2D eigenvalue weighted by molar-refractivity contribution is 6.39.